The SMILES string of the molecule is C=CCC(=C)C(N)=O.CCC. The molecule has 0 aliphatic heterocycles. The Morgan fingerprint density at radius 3 is 2.00 bits per heavy atom. The maximum atomic E-state index is 10.2. The van der Waals surface area contributed by atoms with E-state index in [-0.39, 0.29) is 0 Å². The van der Waals surface area contributed by atoms with Crippen molar-refractivity contribution < 1.29 is 4.79 Å². The molecule has 1 amide bonds. The number of hydrogen-bond donors (Lipinski definition) is 1. The molecule has 64 valence electrons. The molecule has 0 radical (unpaired) electrons. The standard InChI is InChI=1S/C6H9NO.C3H8/c1-3-4-5(2)6(7)8;1-3-2/h3H,1-2,4H2,(H2,7,8);3H2,1-2H3. The van der Waals surface area contributed by atoms with Crippen molar-refractivity contribution >= 4 is 5.91 Å². The summed E-state index contributed by atoms with van der Waals surface area (Å²) in [4.78, 5) is 10.2. The van der Waals surface area contributed by atoms with Gasteiger partial charge in [0.2, 0.25) is 5.91 Å². The van der Waals surface area contributed by atoms with Crippen molar-refractivity contribution in [3.63, 3.8) is 0 Å². The van der Waals surface area contributed by atoms with Crippen LogP contribution in [-0.4, -0.2) is 5.91 Å². The molecule has 0 rings (SSSR count). The molecular weight excluding hydrogens is 138 g/mol. The first kappa shape index (κ1) is 12.6. The average Bonchev–Trinajstić information content (AvgIpc) is 1.90. The van der Waals surface area contributed by atoms with E-state index in [9.17, 15) is 4.79 Å². The first-order valence-electron chi connectivity index (χ1n) is 3.68. The molecule has 0 bridgehead atoms. The van der Waals surface area contributed by atoms with Gasteiger partial charge < -0.3 is 5.73 Å². The maximum absolute atomic E-state index is 10.2. The molecule has 0 heterocycles. The Hall–Kier alpha value is -1.05. The van der Waals surface area contributed by atoms with Crippen LogP contribution < -0.4 is 5.73 Å². The van der Waals surface area contributed by atoms with E-state index in [0.29, 0.717) is 12.0 Å². The zero-order valence-electron chi connectivity index (χ0n) is 7.39. The number of rotatable bonds is 3. The van der Waals surface area contributed by atoms with Gasteiger partial charge in [-0.2, -0.15) is 0 Å². The van der Waals surface area contributed by atoms with Crippen LogP contribution in [0.1, 0.15) is 26.7 Å². The molecule has 0 aliphatic rings. The fourth-order valence-electron chi connectivity index (χ4n) is 0.275. The number of carbonyl (C=O) groups is 1. The maximum Gasteiger partial charge on any atom is 0.244 e. The number of allylic oxidation sites excluding steroid dienone is 1. The van der Waals surface area contributed by atoms with Gasteiger partial charge in [0.15, 0.2) is 0 Å². The lowest BCUT2D eigenvalue weighted by Gasteiger charge is -1.90. The van der Waals surface area contributed by atoms with Crippen LogP contribution >= 0.6 is 0 Å². The van der Waals surface area contributed by atoms with Crippen molar-refractivity contribution in [2.75, 3.05) is 0 Å². The van der Waals surface area contributed by atoms with Crippen LogP contribution in [0, 0.1) is 0 Å². The minimum Gasteiger partial charge on any atom is -0.366 e. The summed E-state index contributed by atoms with van der Waals surface area (Å²) < 4.78 is 0. The summed E-state index contributed by atoms with van der Waals surface area (Å²) in [5.41, 5.74) is 5.24. The van der Waals surface area contributed by atoms with Crippen LogP contribution in [0.3, 0.4) is 0 Å². The number of primary amides is 1. The van der Waals surface area contributed by atoms with E-state index in [4.69, 9.17) is 5.73 Å². The van der Waals surface area contributed by atoms with E-state index in [1.165, 1.54) is 6.42 Å². The molecule has 0 saturated heterocycles. The molecule has 0 atom stereocenters. The van der Waals surface area contributed by atoms with Crippen molar-refractivity contribution in [3.05, 3.63) is 24.8 Å². The minimum absolute atomic E-state index is 0.403. The van der Waals surface area contributed by atoms with Gasteiger partial charge in [-0.1, -0.05) is 32.9 Å². The summed E-state index contributed by atoms with van der Waals surface area (Å²) in [7, 11) is 0. The molecule has 0 aromatic heterocycles. The van der Waals surface area contributed by atoms with Crippen molar-refractivity contribution in [2.24, 2.45) is 5.73 Å². The first-order valence-corrected chi connectivity index (χ1v) is 3.68. The van der Waals surface area contributed by atoms with Crippen LogP contribution in [0.15, 0.2) is 24.8 Å². The zero-order chi connectivity index (χ0) is 9.28. The Morgan fingerprint density at radius 2 is 1.91 bits per heavy atom. The molecule has 0 unspecified atom stereocenters. The highest BCUT2D eigenvalue weighted by Crippen LogP contribution is 1.94. The third-order valence-electron chi connectivity index (χ3n) is 0.739. The summed E-state index contributed by atoms with van der Waals surface area (Å²) >= 11 is 0. The van der Waals surface area contributed by atoms with E-state index in [0.717, 1.165) is 0 Å². The lowest BCUT2D eigenvalue weighted by atomic mass is 10.2. The first-order chi connectivity index (χ1) is 5.09. The molecular formula is C9H17NO. The van der Waals surface area contributed by atoms with Gasteiger partial charge in [0.05, 0.1) is 0 Å². The van der Waals surface area contributed by atoms with Crippen LogP contribution in [0.25, 0.3) is 0 Å². The molecule has 11 heavy (non-hydrogen) atoms. The number of carbonyl (C=O) groups excluding carboxylic acids is 1. The summed E-state index contributed by atoms with van der Waals surface area (Å²) in [6, 6.07) is 0. The normalized spacial score (nSPS) is 7.45. The second-order valence-corrected chi connectivity index (χ2v) is 2.17. The average molecular weight is 155 g/mol. The highest BCUT2D eigenvalue weighted by atomic mass is 16.1. The number of amides is 1. The fourth-order valence-corrected chi connectivity index (χ4v) is 0.275. The van der Waals surface area contributed by atoms with Gasteiger partial charge >= 0.3 is 0 Å². The topological polar surface area (TPSA) is 43.1 Å². The predicted octanol–water partition coefficient (Wildman–Crippen LogP) is 2.02. The van der Waals surface area contributed by atoms with Crippen LogP contribution in [0.5, 0.6) is 0 Å². The molecule has 2 nitrogen and oxygen atoms in total. The van der Waals surface area contributed by atoms with Gasteiger partial charge in [-0.3, -0.25) is 4.79 Å². The van der Waals surface area contributed by atoms with Gasteiger partial charge in [-0.05, 0) is 6.42 Å². The highest BCUT2D eigenvalue weighted by Gasteiger charge is 1.95. The van der Waals surface area contributed by atoms with Crippen LogP contribution in [0.2, 0.25) is 0 Å². The van der Waals surface area contributed by atoms with E-state index in [2.05, 4.69) is 27.0 Å². The minimum atomic E-state index is -0.454. The molecule has 2 heteroatoms. The van der Waals surface area contributed by atoms with Crippen LogP contribution in [0.4, 0.5) is 0 Å². The quantitative estimate of drug-likeness (QED) is 0.491. The van der Waals surface area contributed by atoms with Crippen LogP contribution in [-0.2, 0) is 4.79 Å². The van der Waals surface area contributed by atoms with E-state index < -0.39 is 5.91 Å². The smallest absolute Gasteiger partial charge is 0.244 e. The third-order valence-corrected chi connectivity index (χ3v) is 0.739. The zero-order valence-corrected chi connectivity index (χ0v) is 7.39. The second kappa shape index (κ2) is 8.95. The van der Waals surface area contributed by atoms with E-state index in [1.807, 2.05) is 0 Å². The monoisotopic (exact) mass is 155 g/mol. The Balaban J connectivity index is 0. The Labute approximate surface area is 68.8 Å². The van der Waals surface area contributed by atoms with E-state index in [1.54, 1.807) is 6.08 Å². The summed E-state index contributed by atoms with van der Waals surface area (Å²) in [5.74, 6) is -0.454. The number of hydrogen-bond acceptors (Lipinski definition) is 1. The Bertz CT molecular complexity index is 138. The van der Waals surface area contributed by atoms with Gasteiger partial charge in [0.25, 0.3) is 0 Å². The van der Waals surface area contributed by atoms with Crippen molar-refractivity contribution in [1.29, 1.82) is 0 Å². The van der Waals surface area contributed by atoms with Crippen molar-refractivity contribution in [2.45, 2.75) is 26.7 Å². The summed E-state index contributed by atoms with van der Waals surface area (Å²) in [6.45, 7) is 11.1. The molecule has 0 aromatic rings. The van der Waals surface area contributed by atoms with Crippen molar-refractivity contribution in [1.82, 2.24) is 0 Å². The van der Waals surface area contributed by atoms with E-state index >= 15 is 0 Å². The number of nitrogens with two attached hydrogens (primary N) is 1. The Kier molecular flexibility index (Phi) is 10.3. The molecule has 0 aliphatic carbocycles. The lowest BCUT2D eigenvalue weighted by Crippen LogP contribution is -2.12. The van der Waals surface area contributed by atoms with Gasteiger partial charge in [-0.15, -0.1) is 6.58 Å². The molecule has 0 saturated carbocycles. The third kappa shape index (κ3) is 12.2. The lowest BCUT2D eigenvalue weighted by molar-refractivity contribution is -0.114. The molecule has 2 N–H and O–H groups in total. The predicted molar refractivity (Wildman–Crippen MR) is 49.1 cm³/mol. The molecule has 0 aromatic carbocycles. The van der Waals surface area contributed by atoms with Gasteiger partial charge in [0, 0.05) is 5.57 Å². The Morgan fingerprint density at radius 1 is 1.55 bits per heavy atom. The molecule has 0 spiro atoms. The highest BCUT2D eigenvalue weighted by molar-refractivity contribution is 5.91. The van der Waals surface area contributed by atoms with Gasteiger partial charge in [0.1, 0.15) is 0 Å². The van der Waals surface area contributed by atoms with Crippen molar-refractivity contribution in [3.8, 4) is 0 Å². The summed E-state index contributed by atoms with van der Waals surface area (Å²) in [5, 5.41) is 0. The summed E-state index contributed by atoms with van der Waals surface area (Å²) in [6.07, 6.45) is 3.32. The molecule has 0 fully saturated rings. The van der Waals surface area contributed by atoms with Gasteiger partial charge in [-0.25, -0.2) is 0 Å². The second-order valence-electron chi connectivity index (χ2n) is 2.17. The fraction of sp³-hybridized carbons (Fsp3) is 0.444. The largest absolute Gasteiger partial charge is 0.366 e.